The first-order valence-corrected chi connectivity index (χ1v) is 8.94. The van der Waals surface area contributed by atoms with Gasteiger partial charge < -0.3 is 5.11 Å². The first-order chi connectivity index (χ1) is 11.1. The van der Waals surface area contributed by atoms with Crippen LogP contribution in [0.5, 0.6) is 5.75 Å². The predicted molar refractivity (Wildman–Crippen MR) is 89.8 cm³/mol. The van der Waals surface area contributed by atoms with Crippen LogP contribution in [0.15, 0.2) is 18.2 Å². The molecule has 1 aromatic carbocycles. The smallest absolute Gasteiger partial charge is 0.115 e. The normalized spacial score (nSPS) is 34.4. The number of hydrogen-bond acceptors (Lipinski definition) is 2. The molecule has 120 valence electrons. The van der Waals surface area contributed by atoms with E-state index in [1.54, 1.807) is 0 Å². The average Bonchev–Trinajstić information content (AvgIpc) is 3.05. The Balaban J connectivity index is 1.56. The summed E-state index contributed by atoms with van der Waals surface area (Å²) in [5.41, 5.74) is 7.26. The molecule has 5 rings (SSSR count). The second-order valence-electron chi connectivity index (χ2n) is 8.13. The van der Waals surface area contributed by atoms with Crippen LogP contribution >= 0.6 is 0 Å². The number of nitrogens with one attached hydrogen (secondary N) is 1. The molecular weight excluding hydrogens is 284 g/mol. The Morgan fingerprint density at radius 3 is 3.04 bits per heavy atom. The van der Waals surface area contributed by atoms with Gasteiger partial charge in [0, 0.05) is 11.1 Å². The van der Waals surface area contributed by atoms with E-state index in [9.17, 15) is 5.11 Å². The summed E-state index contributed by atoms with van der Waals surface area (Å²) in [6.45, 7) is 4.62. The second kappa shape index (κ2) is 4.40. The molecule has 1 aromatic heterocycles. The molecule has 4 atom stereocenters. The van der Waals surface area contributed by atoms with Gasteiger partial charge in [-0.2, -0.15) is 5.10 Å². The molecule has 3 aliphatic rings. The van der Waals surface area contributed by atoms with Crippen molar-refractivity contribution in [3.8, 4) is 5.75 Å². The van der Waals surface area contributed by atoms with Crippen molar-refractivity contribution in [2.24, 2.45) is 11.8 Å². The van der Waals surface area contributed by atoms with Crippen LogP contribution in [0.4, 0.5) is 0 Å². The van der Waals surface area contributed by atoms with E-state index in [0.717, 1.165) is 18.3 Å². The zero-order valence-electron chi connectivity index (χ0n) is 13.9. The summed E-state index contributed by atoms with van der Waals surface area (Å²) >= 11 is 0. The fourth-order valence-electron chi connectivity index (χ4n) is 5.95. The maximum atomic E-state index is 9.78. The maximum absolute atomic E-state index is 9.78. The lowest BCUT2D eigenvalue weighted by atomic mass is 9.55. The van der Waals surface area contributed by atoms with Crippen LogP contribution in [-0.4, -0.2) is 15.3 Å². The van der Waals surface area contributed by atoms with E-state index in [1.807, 2.05) is 12.1 Å². The van der Waals surface area contributed by atoms with Gasteiger partial charge in [0.25, 0.3) is 0 Å². The lowest BCUT2D eigenvalue weighted by molar-refractivity contribution is 0.103. The van der Waals surface area contributed by atoms with Crippen LogP contribution in [0.3, 0.4) is 0 Å². The fraction of sp³-hybridized carbons (Fsp3) is 0.550. The predicted octanol–water partition coefficient (Wildman–Crippen LogP) is 3.99. The largest absolute Gasteiger partial charge is 0.508 e. The molecule has 23 heavy (non-hydrogen) atoms. The van der Waals surface area contributed by atoms with Gasteiger partial charge in [0.05, 0.1) is 5.69 Å². The second-order valence-corrected chi connectivity index (χ2v) is 8.13. The monoisotopic (exact) mass is 308 g/mol. The molecule has 0 amide bonds. The topological polar surface area (TPSA) is 48.9 Å². The van der Waals surface area contributed by atoms with Gasteiger partial charge in [-0.25, -0.2) is 0 Å². The summed E-state index contributed by atoms with van der Waals surface area (Å²) < 4.78 is 0. The number of aromatic hydroxyl groups is 1. The molecule has 2 aromatic rings. The molecule has 2 N–H and O–H groups in total. The van der Waals surface area contributed by atoms with E-state index >= 15 is 0 Å². The van der Waals surface area contributed by atoms with Crippen molar-refractivity contribution < 1.29 is 5.11 Å². The highest BCUT2D eigenvalue weighted by Gasteiger charge is 2.54. The van der Waals surface area contributed by atoms with Crippen LogP contribution < -0.4 is 0 Å². The molecule has 0 bridgehead atoms. The number of phenols is 1. The number of rotatable bonds is 0. The third-order valence-electron chi connectivity index (χ3n) is 7.14. The molecule has 3 nitrogen and oxygen atoms in total. The third-order valence-corrected chi connectivity index (χ3v) is 7.14. The van der Waals surface area contributed by atoms with E-state index in [-0.39, 0.29) is 5.41 Å². The molecule has 1 saturated carbocycles. The lowest BCUT2D eigenvalue weighted by Crippen LogP contribution is -2.43. The van der Waals surface area contributed by atoms with Crippen molar-refractivity contribution >= 4 is 0 Å². The van der Waals surface area contributed by atoms with Crippen LogP contribution in [0.1, 0.15) is 60.2 Å². The third kappa shape index (κ3) is 1.68. The highest BCUT2D eigenvalue weighted by atomic mass is 16.3. The van der Waals surface area contributed by atoms with Gasteiger partial charge in [-0.1, -0.05) is 13.0 Å². The SMILES string of the molecule is Cc1[nH]nc2c1C[C@H]1[C@@H]3CCc4cc(O)ccc4[C@H]3CC[C@]21C. The first kappa shape index (κ1) is 13.6. The Hall–Kier alpha value is -1.77. The van der Waals surface area contributed by atoms with Crippen molar-refractivity contribution in [2.75, 3.05) is 0 Å². The minimum Gasteiger partial charge on any atom is -0.508 e. The van der Waals surface area contributed by atoms with Crippen LogP contribution in [0.25, 0.3) is 0 Å². The molecule has 1 heterocycles. The van der Waals surface area contributed by atoms with Crippen LogP contribution in [0.2, 0.25) is 0 Å². The first-order valence-electron chi connectivity index (χ1n) is 8.94. The summed E-state index contributed by atoms with van der Waals surface area (Å²) in [5, 5.41) is 17.7. The van der Waals surface area contributed by atoms with Gasteiger partial charge in [-0.3, -0.25) is 5.10 Å². The molecule has 1 fully saturated rings. The molecule has 0 spiro atoms. The average molecular weight is 308 g/mol. The number of hydrogen-bond donors (Lipinski definition) is 2. The van der Waals surface area contributed by atoms with E-state index in [1.165, 1.54) is 53.8 Å². The minimum absolute atomic E-state index is 0.260. The van der Waals surface area contributed by atoms with Crippen LogP contribution in [-0.2, 0) is 18.3 Å². The lowest BCUT2D eigenvalue weighted by Gasteiger charge is -2.49. The van der Waals surface area contributed by atoms with E-state index in [2.05, 4.69) is 30.1 Å². The van der Waals surface area contributed by atoms with Crippen molar-refractivity contribution in [1.82, 2.24) is 10.2 Å². The van der Waals surface area contributed by atoms with E-state index in [0.29, 0.717) is 11.7 Å². The summed E-state index contributed by atoms with van der Waals surface area (Å²) in [4.78, 5) is 0. The van der Waals surface area contributed by atoms with Gasteiger partial charge in [0.2, 0.25) is 0 Å². The van der Waals surface area contributed by atoms with Crippen molar-refractivity contribution in [1.29, 1.82) is 0 Å². The Morgan fingerprint density at radius 2 is 2.17 bits per heavy atom. The Kier molecular flexibility index (Phi) is 2.61. The number of aromatic amines is 1. The Bertz CT molecular complexity index is 793. The number of phenolic OH excluding ortho intramolecular Hbond substituents is 1. The standard InChI is InChI=1S/C20H24N2O/c1-11-17-10-18-16-5-3-12-9-13(23)4-6-14(12)15(16)7-8-20(18,2)19(17)22-21-11/h4,6,9,15-16,18,23H,3,5,7-8,10H2,1-2H3,(H,21,22)/t15-,16-,18+,20+/m1/s1. The van der Waals surface area contributed by atoms with E-state index < -0.39 is 0 Å². The highest BCUT2D eigenvalue weighted by Crippen LogP contribution is 2.59. The number of nitrogens with zero attached hydrogens (tertiary/aromatic N) is 1. The summed E-state index contributed by atoms with van der Waals surface area (Å²) in [6.07, 6.45) is 6.05. The van der Waals surface area contributed by atoms with Gasteiger partial charge in [-0.15, -0.1) is 0 Å². The number of aromatic nitrogens is 2. The molecule has 0 saturated heterocycles. The Labute approximate surface area is 137 Å². The molecule has 0 aliphatic heterocycles. The number of benzene rings is 1. The summed E-state index contributed by atoms with van der Waals surface area (Å²) in [5.74, 6) is 2.58. The highest BCUT2D eigenvalue weighted by molar-refractivity contribution is 5.44. The van der Waals surface area contributed by atoms with Gasteiger partial charge in [0.15, 0.2) is 0 Å². The summed E-state index contributed by atoms with van der Waals surface area (Å²) in [6, 6.07) is 6.05. The summed E-state index contributed by atoms with van der Waals surface area (Å²) in [7, 11) is 0. The van der Waals surface area contributed by atoms with Gasteiger partial charge in [0.1, 0.15) is 5.75 Å². The zero-order chi connectivity index (χ0) is 15.8. The molecule has 0 unspecified atom stereocenters. The quantitative estimate of drug-likeness (QED) is 0.773. The van der Waals surface area contributed by atoms with Gasteiger partial charge in [-0.05, 0) is 85.6 Å². The Morgan fingerprint density at radius 1 is 1.30 bits per heavy atom. The molecule has 3 heteroatoms. The number of H-pyrrole nitrogens is 1. The number of aryl methyl sites for hydroxylation is 2. The van der Waals surface area contributed by atoms with E-state index in [4.69, 9.17) is 0 Å². The van der Waals surface area contributed by atoms with Crippen molar-refractivity contribution in [3.05, 3.63) is 46.3 Å². The molecular formula is C20H24N2O. The van der Waals surface area contributed by atoms with Crippen LogP contribution in [0, 0.1) is 18.8 Å². The van der Waals surface area contributed by atoms with Gasteiger partial charge >= 0.3 is 0 Å². The minimum atomic E-state index is 0.260. The molecule has 3 aliphatic carbocycles. The zero-order valence-corrected chi connectivity index (χ0v) is 13.9. The molecule has 0 radical (unpaired) electrons. The number of fused-ring (bicyclic) bond motifs is 7. The maximum Gasteiger partial charge on any atom is 0.115 e. The fourth-order valence-corrected chi connectivity index (χ4v) is 5.95. The van der Waals surface area contributed by atoms with Crippen molar-refractivity contribution in [2.45, 2.75) is 57.3 Å². The van der Waals surface area contributed by atoms with Crippen molar-refractivity contribution in [3.63, 3.8) is 0 Å².